The van der Waals surface area contributed by atoms with Crippen LogP contribution >= 0.6 is 22.6 Å². The van der Waals surface area contributed by atoms with Crippen molar-refractivity contribution >= 4 is 28.6 Å². The third kappa shape index (κ3) is 3.08. The number of fused-ring (bicyclic) bond motifs is 1. The third-order valence-corrected chi connectivity index (χ3v) is 4.36. The molecule has 3 rings (SSSR count). The maximum absolute atomic E-state index is 12.1. The molecule has 0 aromatic heterocycles. The van der Waals surface area contributed by atoms with Gasteiger partial charge in [-0.05, 0) is 26.0 Å². The van der Waals surface area contributed by atoms with Gasteiger partial charge in [0.15, 0.2) is 11.9 Å². The van der Waals surface area contributed by atoms with Crippen molar-refractivity contribution < 1.29 is 23.7 Å². The molecule has 1 aromatic carbocycles. The smallest absolute Gasteiger partial charge is 0.340 e. The molecule has 4 atom stereocenters. The number of halogens is 1. The Morgan fingerprint density at radius 2 is 1.90 bits per heavy atom. The lowest BCUT2D eigenvalue weighted by atomic mass is 10.1. The number of carbonyl (C=O) groups is 1. The molecule has 2 aliphatic rings. The van der Waals surface area contributed by atoms with E-state index in [0.29, 0.717) is 5.56 Å². The zero-order valence-electron chi connectivity index (χ0n) is 11.8. The Morgan fingerprint density at radius 3 is 2.57 bits per heavy atom. The summed E-state index contributed by atoms with van der Waals surface area (Å²) in [4.78, 5) is 12.1. The quantitative estimate of drug-likeness (QED) is 0.441. The van der Waals surface area contributed by atoms with Crippen LogP contribution in [0.5, 0.6) is 0 Å². The molecule has 0 amide bonds. The molecule has 0 unspecified atom stereocenters. The Bertz CT molecular complexity index is 518. The van der Waals surface area contributed by atoms with Crippen LogP contribution in [0.3, 0.4) is 0 Å². The SMILES string of the molecule is CC1(C)O[C@H]2[C@H](OC(=O)c3ccccc3)O[C@H](CI)[C@H]2O1. The van der Waals surface area contributed by atoms with Crippen molar-refractivity contribution in [1.82, 2.24) is 0 Å². The number of alkyl halides is 1. The van der Waals surface area contributed by atoms with Gasteiger partial charge < -0.3 is 18.9 Å². The van der Waals surface area contributed by atoms with Crippen molar-refractivity contribution in [1.29, 1.82) is 0 Å². The molecule has 114 valence electrons. The largest absolute Gasteiger partial charge is 0.429 e. The number of esters is 1. The first-order valence-electron chi connectivity index (χ1n) is 6.83. The maximum atomic E-state index is 12.1. The number of benzene rings is 1. The highest BCUT2D eigenvalue weighted by Crippen LogP contribution is 2.39. The topological polar surface area (TPSA) is 54.0 Å². The van der Waals surface area contributed by atoms with E-state index >= 15 is 0 Å². The normalized spacial score (nSPS) is 33.7. The second kappa shape index (κ2) is 5.83. The van der Waals surface area contributed by atoms with E-state index in [-0.39, 0.29) is 18.3 Å². The molecule has 2 saturated heterocycles. The Labute approximate surface area is 137 Å². The predicted molar refractivity (Wildman–Crippen MR) is 83.2 cm³/mol. The van der Waals surface area contributed by atoms with Gasteiger partial charge in [-0.15, -0.1) is 0 Å². The van der Waals surface area contributed by atoms with Crippen molar-refractivity contribution in [2.45, 2.75) is 44.2 Å². The highest BCUT2D eigenvalue weighted by Gasteiger charge is 2.56. The lowest BCUT2D eigenvalue weighted by molar-refractivity contribution is -0.217. The van der Waals surface area contributed by atoms with Crippen LogP contribution in [0, 0.1) is 0 Å². The first-order chi connectivity index (χ1) is 10.00. The Morgan fingerprint density at radius 1 is 1.24 bits per heavy atom. The zero-order valence-corrected chi connectivity index (χ0v) is 14.0. The van der Waals surface area contributed by atoms with Crippen molar-refractivity contribution in [2.24, 2.45) is 0 Å². The molecule has 2 fully saturated rings. The molecule has 1 aromatic rings. The molecule has 0 spiro atoms. The average Bonchev–Trinajstić information content (AvgIpc) is 2.94. The van der Waals surface area contributed by atoms with Gasteiger partial charge >= 0.3 is 5.97 Å². The summed E-state index contributed by atoms with van der Waals surface area (Å²) in [6.45, 7) is 3.71. The standard InChI is InChI=1S/C15H17IO5/c1-15(2)20-11-10(8-16)18-14(12(11)21-15)19-13(17)9-6-4-3-5-7-9/h3-7,10-12,14H,8H2,1-2H3/t10-,11-,12-,14+/m1/s1. The summed E-state index contributed by atoms with van der Waals surface area (Å²) in [6.07, 6.45) is -1.45. The van der Waals surface area contributed by atoms with Gasteiger partial charge in [-0.25, -0.2) is 4.79 Å². The summed E-state index contributed by atoms with van der Waals surface area (Å²) in [5, 5.41) is 0. The number of rotatable bonds is 3. The summed E-state index contributed by atoms with van der Waals surface area (Å²) in [6, 6.07) is 8.85. The van der Waals surface area contributed by atoms with E-state index in [9.17, 15) is 4.79 Å². The lowest BCUT2D eigenvalue weighted by Gasteiger charge is -2.23. The third-order valence-electron chi connectivity index (χ3n) is 3.49. The number of hydrogen-bond donors (Lipinski definition) is 0. The van der Waals surface area contributed by atoms with Crippen LogP contribution in [0.4, 0.5) is 0 Å². The van der Waals surface area contributed by atoms with Crippen molar-refractivity contribution in [3.05, 3.63) is 35.9 Å². The van der Waals surface area contributed by atoms with Gasteiger partial charge in [-0.2, -0.15) is 0 Å². The lowest BCUT2D eigenvalue weighted by Crippen LogP contribution is -2.33. The molecule has 2 heterocycles. The monoisotopic (exact) mass is 404 g/mol. The van der Waals surface area contributed by atoms with E-state index < -0.39 is 18.0 Å². The summed E-state index contributed by atoms with van der Waals surface area (Å²) >= 11 is 2.23. The van der Waals surface area contributed by atoms with Crippen molar-refractivity contribution in [2.75, 3.05) is 4.43 Å². The molecular formula is C15H17IO5. The predicted octanol–water partition coefficient (Wildman–Crippen LogP) is 2.52. The van der Waals surface area contributed by atoms with Crippen LogP contribution in [0.1, 0.15) is 24.2 Å². The van der Waals surface area contributed by atoms with E-state index in [0.717, 1.165) is 4.43 Å². The van der Waals surface area contributed by atoms with Crippen LogP contribution in [0.25, 0.3) is 0 Å². The van der Waals surface area contributed by atoms with Crippen LogP contribution in [0.2, 0.25) is 0 Å². The van der Waals surface area contributed by atoms with E-state index in [1.165, 1.54) is 0 Å². The Kier molecular flexibility index (Phi) is 4.22. The minimum absolute atomic E-state index is 0.133. The van der Waals surface area contributed by atoms with Crippen LogP contribution in [0.15, 0.2) is 30.3 Å². The molecule has 0 bridgehead atoms. The van der Waals surface area contributed by atoms with Crippen LogP contribution in [-0.2, 0) is 18.9 Å². The number of carbonyl (C=O) groups excluding carboxylic acids is 1. The summed E-state index contributed by atoms with van der Waals surface area (Å²) in [7, 11) is 0. The maximum Gasteiger partial charge on any atom is 0.340 e. The van der Waals surface area contributed by atoms with Gasteiger partial charge in [0.25, 0.3) is 0 Å². The average molecular weight is 404 g/mol. The Balaban J connectivity index is 1.72. The van der Waals surface area contributed by atoms with E-state index in [2.05, 4.69) is 22.6 Å². The second-order valence-corrected chi connectivity index (χ2v) is 6.41. The minimum Gasteiger partial charge on any atom is -0.429 e. The molecule has 0 radical (unpaired) electrons. The molecule has 0 aliphatic carbocycles. The van der Waals surface area contributed by atoms with Gasteiger partial charge in [0.05, 0.1) is 11.7 Å². The fourth-order valence-electron chi connectivity index (χ4n) is 2.61. The number of ether oxygens (including phenoxy) is 4. The molecule has 0 N–H and O–H groups in total. The fourth-order valence-corrected chi connectivity index (χ4v) is 3.32. The van der Waals surface area contributed by atoms with Gasteiger partial charge in [-0.1, -0.05) is 40.8 Å². The molecule has 6 heteroatoms. The summed E-state index contributed by atoms with van der Waals surface area (Å²) in [5.74, 6) is -1.10. The van der Waals surface area contributed by atoms with Crippen molar-refractivity contribution in [3.8, 4) is 0 Å². The van der Waals surface area contributed by atoms with Crippen molar-refractivity contribution in [3.63, 3.8) is 0 Å². The van der Waals surface area contributed by atoms with E-state index in [1.54, 1.807) is 24.3 Å². The van der Waals surface area contributed by atoms with Gasteiger partial charge in [-0.3, -0.25) is 0 Å². The van der Waals surface area contributed by atoms with Gasteiger partial charge in [0.2, 0.25) is 6.29 Å². The van der Waals surface area contributed by atoms with Crippen LogP contribution in [-0.4, -0.2) is 40.8 Å². The molecule has 21 heavy (non-hydrogen) atoms. The first-order valence-corrected chi connectivity index (χ1v) is 8.36. The Hall–Kier alpha value is -0.700. The van der Waals surface area contributed by atoms with Crippen LogP contribution < -0.4 is 0 Å². The molecular weight excluding hydrogens is 387 g/mol. The fraction of sp³-hybridized carbons (Fsp3) is 0.533. The molecule has 5 nitrogen and oxygen atoms in total. The van der Waals surface area contributed by atoms with E-state index in [1.807, 2.05) is 19.9 Å². The van der Waals surface area contributed by atoms with Gasteiger partial charge in [0.1, 0.15) is 6.10 Å². The second-order valence-electron chi connectivity index (χ2n) is 5.53. The summed E-state index contributed by atoms with van der Waals surface area (Å²) < 4.78 is 23.7. The highest BCUT2D eigenvalue weighted by molar-refractivity contribution is 14.1. The minimum atomic E-state index is -0.732. The number of hydrogen-bond acceptors (Lipinski definition) is 5. The zero-order chi connectivity index (χ0) is 15.0. The van der Waals surface area contributed by atoms with E-state index in [4.69, 9.17) is 18.9 Å². The molecule has 2 aliphatic heterocycles. The van der Waals surface area contributed by atoms with Gasteiger partial charge in [0, 0.05) is 4.43 Å². The summed E-state index contributed by atoms with van der Waals surface area (Å²) in [5.41, 5.74) is 0.494. The highest BCUT2D eigenvalue weighted by atomic mass is 127. The first kappa shape index (κ1) is 15.2. The molecule has 0 saturated carbocycles.